The van der Waals surface area contributed by atoms with E-state index in [4.69, 9.17) is 9.52 Å². The first-order valence-electron chi connectivity index (χ1n) is 6.29. The van der Waals surface area contributed by atoms with E-state index in [1.54, 1.807) is 6.07 Å². The lowest BCUT2D eigenvalue weighted by atomic mass is 10.1. The van der Waals surface area contributed by atoms with E-state index >= 15 is 0 Å². The molecule has 1 aromatic heterocycles. The second-order valence-electron chi connectivity index (χ2n) is 4.33. The fourth-order valence-corrected chi connectivity index (χ4v) is 1.98. The molecule has 0 atom stereocenters. The minimum Gasteiger partial charge on any atom is -0.478 e. The number of carbonyl (C=O) groups is 1. The summed E-state index contributed by atoms with van der Waals surface area (Å²) in [7, 11) is 0. The molecule has 0 aliphatic heterocycles. The standard InChI is InChI=1S/C15H17NO3/c1-2-11-5-3-4-6-12(11)8-16-9-14-7-13(10-19-14)15(17)18/h3-7,10,16H,2,8-9H2,1H3,(H,17,18). The van der Waals surface area contributed by atoms with Crippen LogP contribution in [0.15, 0.2) is 41.0 Å². The molecule has 1 heterocycles. The van der Waals surface area contributed by atoms with Crippen molar-refractivity contribution in [3.05, 3.63) is 59.0 Å². The molecular weight excluding hydrogens is 242 g/mol. The first kappa shape index (κ1) is 13.4. The number of aryl methyl sites for hydroxylation is 1. The molecule has 0 aliphatic rings. The van der Waals surface area contributed by atoms with Gasteiger partial charge in [-0.3, -0.25) is 0 Å². The van der Waals surface area contributed by atoms with Gasteiger partial charge in [0.1, 0.15) is 12.0 Å². The number of carboxylic acid groups (broad SMARTS) is 1. The Morgan fingerprint density at radius 2 is 2.00 bits per heavy atom. The fraction of sp³-hybridized carbons (Fsp3) is 0.267. The first-order valence-corrected chi connectivity index (χ1v) is 6.29. The highest BCUT2D eigenvalue weighted by Gasteiger charge is 2.07. The van der Waals surface area contributed by atoms with Crippen molar-refractivity contribution in [3.63, 3.8) is 0 Å². The molecule has 2 rings (SSSR count). The van der Waals surface area contributed by atoms with Gasteiger partial charge in [0.2, 0.25) is 0 Å². The third kappa shape index (κ3) is 3.45. The number of carboxylic acids is 1. The summed E-state index contributed by atoms with van der Waals surface area (Å²) in [5.41, 5.74) is 2.77. The van der Waals surface area contributed by atoms with E-state index in [2.05, 4.69) is 24.4 Å². The van der Waals surface area contributed by atoms with Gasteiger partial charge in [-0.05, 0) is 23.6 Å². The van der Waals surface area contributed by atoms with Crippen LogP contribution in [0.5, 0.6) is 0 Å². The van der Waals surface area contributed by atoms with Gasteiger partial charge in [-0.2, -0.15) is 0 Å². The Hall–Kier alpha value is -2.07. The van der Waals surface area contributed by atoms with Crippen molar-refractivity contribution in [2.24, 2.45) is 0 Å². The summed E-state index contributed by atoms with van der Waals surface area (Å²) in [6.07, 6.45) is 2.26. The van der Waals surface area contributed by atoms with Gasteiger partial charge in [-0.1, -0.05) is 31.2 Å². The summed E-state index contributed by atoms with van der Waals surface area (Å²) in [6, 6.07) is 9.81. The van der Waals surface area contributed by atoms with E-state index in [1.807, 2.05) is 12.1 Å². The van der Waals surface area contributed by atoms with Crippen molar-refractivity contribution < 1.29 is 14.3 Å². The van der Waals surface area contributed by atoms with E-state index in [9.17, 15) is 4.79 Å². The van der Waals surface area contributed by atoms with E-state index in [0.29, 0.717) is 12.3 Å². The highest BCUT2D eigenvalue weighted by atomic mass is 16.4. The van der Waals surface area contributed by atoms with Crippen LogP contribution >= 0.6 is 0 Å². The smallest absolute Gasteiger partial charge is 0.338 e. The first-order chi connectivity index (χ1) is 9.20. The van der Waals surface area contributed by atoms with Gasteiger partial charge < -0.3 is 14.8 Å². The monoisotopic (exact) mass is 259 g/mol. The number of aromatic carboxylic acids is 1. The van der Waals surface area contributed by atoms with Gasteiger partial charge in [-0.25, -0.2) is 4.79 Å². The van der Waals surface area contributed by atoms with E-state index in [-0.39, 0.29) is 5.56 Å². The number of benzene rings is 1. The van der Waals surface area contributed by atoms with Crippen LogP contribution in [-0.2, 0) is 19.5 Å². The van der Waals surface area contributed by atoms with Crippen LogP contribution < -0.4 is 5.32 Å². The summed E-state index contributed by atoms with van der Waals surface area (Å²) >= 11 is 0. The summed E-state index contributed by atoms with van der Waals surface area (Å²) in [5.74, 6) is -0.335. The molecule has 2 N–H and O–H groups in total. The Morgan fingerprint density at radius 1 is 1.26 bits per heavy atom. The topological polar surface area (TPSA) is 62.5 Å². The number of hydrogen-bond acceptors (Lipinski definition) is 3. The quantitative estimate of drug-likeness (QED) is 0.837. The largest absolute Gasteiger partial charge is 0.478 e. The Bertz CT molecular complexity index is 560. The van der Waals surface area contributed by atoms with Crippen molar-refractivity contribution in [1.82, 2.24) is 5.32 Å². The SMILES string of the molecule is CCc1ccccc1CNCc1cc(C(=O)O)co1. The van der Waals surface area contributed by atoms with Crippen molar-refractivity contribution in [2.75, 3.05) is 0 Å². The molecular formula is C15H17NO3. The summed E-state index contributed by atoms with van der Waals surface area (Å²) in [5, 5.41) is 12.0. The van der Waals surface area contributed by atoms with Crippen LogP contribution in [0.3, 0.4) is 0 Å². The Balaban J connectivity index is 1.90. The lowest BCUT2D eigenvalue weighted by molar-refractivity contribution is 0.0696. The Labute approximate surface area is 112 Å². The molecule has 1 aromatic carbocycles. The van der Waals surface area contributed by atoms with E-state index in [1.165, 1.54) is 17.4 Å². The predicted octanol–water partition coefficient (Wildman–Crippen LogP) is 2.83. The molecule has 19 heavy (non-hydrogen) atoms. The van der Waals surface area contributed by atoms with Gasteiger partial charge in [0.25, 0.3) is 0 Å². The maximum Gasteiger partial charge on any atom is 0.338 e. The third-order valence-electron chi connectivity index (χ3n) is 3.01. The van der Waals surface area contributed by atoms with Crippen LogP contribution in [0.25, 0.3) is 0 Å². The van der Waals surface area contributed by atoms with Crippen LogP contribution in [0.1, 0.15) is 34.2 Å². The predicted molar refractivity (Wildman–Crippen MR) is 72.0 cm³/mol. The van der Waals surface area contributed by atoms with Crippen molar-refractivity contribution >= 4 is 5.97 Å². The molecule has 100 valence electrons. The number of nitrogens with one attached hydrogen (secondary N) is 1. The molecule has 0 bridgehead atoms. The molecule has 4 heteroatoms. The molecule has 4 nitrogen and oxygen atoms in total. The molecule has 0 saturated heterocycles. The molecule has 2 aromatic rings. The minimum absolute atomic E-state index is 0.186. The summed E-state index contributed by atoms with van der Waals surface area (Å²) in [4.78, 5) is 10.7. The van der Waals surface area contributed by atoms with Crippen molar-refractivity contribution in [1.29, 1.82) is 0 Å². The Kier molecular flexibility index (Phi) is 4.36. The summed E-state index contributed by atoms with van der Waals surface area (Å²) < 4.78 is 5.18. The van der Waals surface area contributed by atoms with Gasteiger partial charge in [0.15, 0.2) is 0 Å². The van der Waals surface area contributed by atoms with Crippen LogP contribution in [0.2, 0.25) is 0 Å². The van der Waals surface area contributed by atoms with Crippen molar-refractivity contribution in [2.45, 2.75) is 26.4 Å². The fourth-order valence-electron chi connectivity index (χ4n) is 1.98. The molecule has 0 saturated carbocycles. The number of rotatable bonds is 6. The van der Waals surface area contributed by atoms with Gasteiger partial charge in [0, 0.05) is 6.54 Å². The Morgan fingerprint density at radius 3 is 2.63 bits per heavy atom. The number of furan rings is 1. The molecule has 0 amide bonds. The summed E-state index contributed by atoms with van der Waals surface area (Å²) in [6.45, 7) is 3.39. The van der Waals surface area contributed by atoms with E-state index < -0.39 is 5.97 Å². The van der Waals surface area contributed by atoms with Crippen LogP contribution in [-0.4, -0.2) is 11.1 Å². The molecule has 0 spiro atoms. The maximum absolute atomic E-state index is 10.7. The molecule has 0 aliphatic carbocycles. The number of hydrogen-bond donors (Lipinski definition) is 2. The second-order valence-corrected chi connectivity index (χ2v) is 4.33. The highest BCUT2D eigenvalue weighted by molar-refractivity contribution is 5.87. The molecule has 0 unspecified atom stereocenters. The third-order valence-corrected chi connectivity index (χ3v) is 3.01. The van der Waals surface area contributed by atoms with Crippen molar-refractivity contribution in [3.8, 4) is 0 Å². The average molecular weight is 259 g/mol. The normalized spacial score (nSPS) is 10.6. The van der Waals surface area contributed by atoms with Crippen LogP contribution in [0.4, 0.5) is 0 Å². The zero-order valence-corrected chi connectivity index (χ0v) is 10.8. The van der Waals surface area contributed by atoms with Gasteiger partial charge in [-0.15, -0.1) is 0 Å². The van der Waals surface area contributed by atoms with Crippen LogP contribution in [0, 0.1) is 0 Å². The lowest BCUT2D eigenvalue weighted by Crippen LogP contribution is -2.13. The van der Waals surface area contributed by atoms with E-state index in [0.717, 1.165) is 13.0 Å². The lowest BCUT2D eigenvalue weighted by Gasteiger charge is -2.08. The molecule has 0 radical (unpaired) electrons. The van der Waals surface area contributed by atoms with Gasteiger partial charge >= 0.3 is 5.97 Å². The molecule has 0 fully saturated rings. The zero-order valence-electron chi connectivity index (χ0n) is 10.8. The minimum atomic E-state index is -0.966. The maximum atomic E-state index is 10.7. The second kappa shape index (κ2) is 6.20. The highest BCUT2D eigenvalue weighted by Crippen LogP contribution is 2.11. The zero-order chi connectivity index (χ0) is 13.7. The van der Waals surface area contributed by atoms with Gasteiger partial charge in [0.05, 0.1) is 12.1 Å². The average Bonchev–Trinajstić information content (AvgIpc) is 2.88.